The molecule has 0 aliphatic rings. The van der Waals surface area contributed by atoms with Crippen LogP contribution >= 0.6 is 0 Å². The summed E-state index contributed by atoms with van der Waals surface area (Å²) in [4.78, 5) is 0. The van der Waals surface area contributed by atoms with Crippen molar-refractivity contribution in [1.82, 2.24) is 0 Å². The number of hydrogen-bond acceptors (Lipinski definition) is 4. The Morgan fingerprint density at radius 3 is 1.32 bits per heavy atom. The molecule has 0 aliphatic heterocycles. The van der Waals surface area contributed by atoms with E-state index >= 15 is 0 Å². The summed E-state index contributed by atoms with van der Waals surface area (Å²) in [5.41, 5.74) is 22.0. The van der Waals surface area contributed by atoms with Crippen LogP contribution < -0.4 is 20.9 Å². The lowest BCUT2D eigenvalue weighted by Crippen LogP contribution is -2.10. The standard InChI is InChI=1S/C36H44N2O2/c1-25-16-28(23-34(18-25)39-14-6-12-37)31-20-30(27-8-10-33(11-9-27)36(3,4)5)21-32(22-31)29-17-26(2)19-35(24-29)40-15-7-13-38/h8-11,16-24H,6-7,12-15,37-38H2,1-5H3. The van der Waals surface area contributed by atoms with Crippen LogP contribution in [0.1, 0.15) is 50.3 Å². The molecule has 0 amide bonds. The van der Waals surface area contributed by atoms with Gasteiger partial charge in [-0.3, -0.25) is 0 Å². The van der Waals surface area contributed by atoms with Crippen LogP contribution in [0.2, 0.25) is 0 Å². The molecule has 0 aromatic heterocycles. The quantitative estimate of drug-likeness (QED) is 0.190. The van der Waals surface area contributed by atoms with Gasteiger partial charge < -0.3 is 20.9 Å². The summed E-state index contributed by atoms with van der Waals surface area (Å²) < 4.78 is 12.1. The van der Waals surface area contributed by atoms with Crippen LogP contribution in [-0.2, 0) is 5.41 Å². The molecule has 0 fully saturated rings. The van der Waals surface area contributed by atoms with Gasteiger partial charge in [-0.1, -0.05) is 57.2 Å². The molecule has 4 aromatic carbocycles. The Labute approximate surface area is 240 Å². The van der Waals surface area contributed by atoms with E-state index < -0.39 is 0 Å². The molecule has 4 aromatic rings. The molecule has 210 valence electrons. The van der Waals surface area contributed by atoms with Gasteiger partial charge in [0, 0.05) is 0 Å². The van der Waals surface area contributed by atoms with E-state index in [0.29, 0.717) is 26.3 Å². The topological polar surface area (TPSA) is 70.5 Å². The maximum atomic E-state index is 6.04. The number of ether oxygens (including phenoxy) is 2. The molecule has 4 nitrogen and oxygen atoms in total. The van der Waals surface area contributed by atoms with Crippen LogP contribution in [0.3, 0.4) is 0 Å². The summed E-state index contributed by atoms with van der Waals surface area (Å²) in [5.74, 6) is 1.74. The van der Waals surface area contributed by atoms with Crippen LogP contribution in [0.4, 0.5) is 0 Å². The van der Waals surface area contributed by atoms with Crippen LogP contribution in [0.25, 0.3) is 33.4 Å². The molecule has 4 heteroatoms. The predicted octanol–water partition coefficient (Wildman–Crippen LogP) is 8.06. The van der Waals surface area contributed by atoms with E-state index in [1.54, 1.807) is 0 Å². The molecule has 0 atom stereocenters. The van der Waals surface area contributed by atoms with Gasteiger partial charge >= 0.3 is 0 Å². The lowest BCUT2D eigenvalue weighted by atomic mass is 9.85. The maximum absolute atomic E-state index is 6.04. The number of rotatable bonds is 11. The normalized spacial score (nSPS) is 11.5. The van der Waals surface area contributed by atoms with Crippen molar-refractivity contribution in [2.45, 2.75) is 52.9 Å². The van der Waals surface area contributed by atoms with Crippen LogP contribution in [0.15, 0.2) is 78.9 Å². The highest BCUT2D eigenvalue weighted by molar-refractivity contribution is 5.82. The van der Waals surface area contributed by atoms with Crippen molar-refractivity contribution in [2.75, 3.05) is 26.3 Å². The van der Waals surface area contributed by atoms with E-state index in [1.807, 2.05) is 0 Å². The maximum Gasteiger partial charge on any atom is 0.120 e. The first-order valence-electron chi connectivity index (χ1n) is 14.3. The highest BCUT2D eigenvalue weighted by Gasteiger charge is 2.15. The molecule has 0 saturated carbocycles. The second kappa shape index (κ2) is 13.2. The SMILES string of the molecule is Cc1cc(OCCCN)cc(-c2cc(-c3ccc(C(C)(C)C)cc3)cc(-c3cc(C)cc(OCCCN)c3)c2)c1. The zero-order valence-electron chi connectivity index (χ0n) is 24.7. The van der Waals surface area contributed by atoms with E-state index in [4.69, 9.17) is 20.9 Å². The van der Waals surface area contributed by atoms with E-state index in [-0.39, 0.29) is 5.41 Å². The highest BCUT2D eigenvalue weighted by atomic mass is 16.5. The van der Waals surface area contributed by atoms with Gasteiger partial charge in [0.15, 0.2) is 0 Å². The fourth-order valence-electron chi connectivity index (χ4n) is 4.83. The highest BCUT2D eigenvalue weighted by Crippen LogP contribution is 2.36. The Morgan fingerprint density at radius 1 is 0.525 bits per heavy atom. The largest absolute Gasteiger partial charge is 0.494 e. The number of aryl methyl sites for hydroxylation is 2. The van der Waals surface area contributed by atoms with Gasteiger partial charge in [0.25, 0.3) is 0 Å². The summed E-state index contributed by atoms with van der Waals surface area (Å²) in [5, 5.41) is 0. The smallest absolute Gasteiger partial charge is 0.120 e. The second-order valence-corrected chi connectivity index (χ2v) is 11.7. The van der Waals surface area contributed by atoms with Gasteiger partial charge in [-0.2, -0.15) is 0 Å². The minimum Gasteiger partial charge on any atom is -0.494 e. The first kappa shape index (κ1) is 29.4. The molecule has 40 heavy (non-hydrogen) atoms. The van der Waals surface area contributed by atoms with Crippen molar-refractivity contribution in [3.8, 4) is 44.9 Å². The Balaban J connectivity index is 1.82. The van der Waals surface area contributed by atoms with Crippen LogP contribution in [-0.4, -0.2) is 26.3 Å². The summed E-state index contributed by atoms with van der Waals surface area (Å²) in [7, 11) is 0. The monoisotopic (exact) mass is 536 g/mol. The van der Waals surface area contributed by atoms with Crippen LogP contribution in [0, 0.1) is 13.8 Å². The molecule has 0 spiro atoms. The first-order chi connectivity index (χ1) is 19.2. The molecule has 0 bridgehead atoms. The summed E-state index contributed by atoms with van der Waals surface area (Å²) >= 11 is 0. The van der Waals surface area contributed by atoms with Gasteiger partial charge in [-0.05, 0) is 138 Å². The fraction of sp³-hybridized carbons (Fsp3) is 0.333. The Hall–Kier alpha value is -3.60. The zero-order chi connectivity index (χ0) is 28.7. The van der Waals surface area contributed by atoms with Gasteiger partial charge in [-0.25, -0.2) is 0 Å². The molecule has 4 rings (SSSR count). The summed E-state index contributed by atoms with van der Waals surface area (Å²) in [6.07, 6.45) is 1.66. The predicted molar refractivity (Wildman–Crippen MR) is 169 cm³/mol. The van der Waals surface area contributed by atoms with E-state index in [0.717, 1.165) is 57.7 Å². The van der Waals surface area contributed by atoms with Crippen LogP contribution in [0.5, 0.6) is 11.5 Å². The van der Waals surface area contributed by atoms with Gasteiger partial charge in [0.2, 0.25) is 0 Å². The van der Waals surface area contributed by atoms with Crippen molar-refractivity contribution in [2.24, 2.45) is 11.5 Å². The Kier molecular flexibility index (Phi) is 9.67. The van der Waals surface area contributed by atoms with Crippen molar-refractivity contribution in [1.29, 1.82) is 0 Å². The summed E-state index contributed by atoms with van der Waals surface area (Å²) in [6, 6.07) is 28.7. The average Bonchev–Trinajstić information content (AvgIpc) is 2.92. The van der Waals surface area contributed by atoms with Crippen molar-refractivity contribution < 1.29 is 9.47 Å². The van der Waals surface area contributed by atoms with Crippen molar-refractivity contribution >= 4 is 0 Å². The van der Waals surface area contributed by atoms with Gasteiger partial charge in [-0.15, -0.1) is 0 Å². The molecule has 4 N–H and O–H groups in total. The first-order valence-corrected chi connectivity index (χ1v) is 14.3. The lowest BCUT2D eigenvalue weighted by Gasteiger charge is -2.19. The average molecular weight is 537 g/mol. The zero-order valence-corrected chi connectivity index (χ0v) is 24.7. The van der Waals surface area contributed by atoms with E-state index in [9.17, 15) is 0 Å². The number of hydrogen-bond donors (Lipinski definition) is 2. The molecular formula is C36H44N2O2. The Morgan fingerprint density at radius 2 is 0.925 bits per heavy atom. The molecule has 0 aliphatic carbocycles. The van der Waals surface area contributed by atoms with Gasteiger partial charge in [0.1, 0.15) is 11.5 Å². The van der Waals surface area contributed by atoms with Gasteiger partial charge in [0.05, 0.1) is 13.2 Å². The van der Waals surface area contributed by atoms with E-state index in [2.05, 4.69) is 113 Å². The lowest BCUT2D eigenvalue weighted by molar-refractivity contribution is 0.313. The fourth-order valence-corrected chi connectivity index (χ4v) is 4.83. The molecular weight excluding hydrogens is 492 g/mol. The third kappa shape index (κ3) is 7.74. The Bertz CT molecular complexity index is 1340. The number of nitrogens with two attached hydrogens (primary N) is 2. The van der Waals surface area contributed by atoms with Crippen molar-refractivity contribution in [3.63, 3.8) is 0 Å². The molecule has 0 saturated heterocycles. The molecule has 0 radical (unpaired) electrons. The van der Waals surface area contributed by atoms with E-state index in [1.165, 1.54) is 16.7 Å². The second-order valence-electron chi connectivity index (χ2n) is 11.7. The number of benzene rings is 4. The molecule has 0 unspecified atom stereocenters. The minimum absolute atomic E-state index is 0.106. The van der Waals surface area contributed by atoms with Crippen molar-refractivity contribution in [3.05, 3.63) is 95.6 Å². The third-order valence-electron chi connectivity index (χ3n) is 7.02. The third-order valence-corrected chi connectivity index (χ3v) is 7.02. The summed E-state index contributed by atoms with van der Waals surface area (Å²) in [6.45, 7) is 13.4. The minimum atomic E-state index is 0.106. The molecule has 0 heterocycles.